The van der Waals surface area contributed by atoms with Crippen LogP contribution in [0.25, 0.3) is 0 Å². The smallest absolute Gasteiger partial charge is 0.292 e. The fraction of sp³-hybridized carbons (Fsp3) is 0.0769. The fourth-order valence-electron chi connectivity index (χ4n) is 1.63. The van der Waals surface area contributed by atoms with E-state index in [0.29, 0.717) is 15.8 Å². The fourth-order valence-corrected chi connectivity index (χ4v) is 2.10. The topological polar surface area (TPSA) is 78.4 Å². The molecule has 2 rings (SSSR count). The highest BCUT2D eigenvalue weighted by atomic mass is 79.9. The molecule has 0 heterocycles. The van der Waals surface area contributed by atoms with Crippen LogP contribution in [0.1, 0.15) is 5.56 Å². The normalized spacial score (nSPS) is 10.3. The molecule has 2 aromatic rings. The molecule has 5 nitrogen and oxygen atoms in total. The summed E-state index contributed by atoms with van der Waals surface area (Å²) in [6.07, 6.45) is 0. The van der Waals surface area contributed by atoms with Crippen molar-refractivity contribution in [3.8, 4) is 5.75 Å². The first-order valence-corrected chi connectivity index (χ1v) is 6.38. The van der Waals surface area contributed by atoms with E-state index in [2.05, 4.69) is 15.9 Å². The first-order valence-electron chi connectivity index (χ1n) is 5.58. The molecule has 2 aromatic carbocycles. The number of nitro benzene ring substituents is 1. The van der Waals surface area contributed by atoms with Gasteiger partial charge in [0.1, 0.15) is 23.9 Å². The number of nitro groups is 1. The van der Waals surface area contributed by atoms with E-state index < -0.39 is 4.92 Å². The molecule has 0 aromatic heterocycles. The molecule has 0 saturated heterocycles. The van der Waals surface area contributed by atoms with E-state index in [-0.39, 0.29) is 23.8 Å². The predicted molar refractivity (Wildman–Crippen MR) is 75.9 cm³/mol. The Morgan fingerprint density at radius 2 is 2.10 bits per heavy atom. The molecule has 0 saturated carbocycles. The maximum absolute atomic E-state index is 12.9. The molecule has 0 spiro atoms. The molecule has 0 aliphatic heterocycles. The minimum Gasteiger partial charge on any atom is -0.488 e. The second-order valence-corrected chi connectivity index (χ2v) is 4.82. The predicted octanol–water partition coefficient (Wildman–Crippen LogP) is 3.66. The van der Waals surface area contributed by atoms with Gasteiger partial charge in [0.25, 0.3) is 5.69 Å². The Morgan fingerprint density at radius 3 is 2.75 bits per heavy atom. The number of ether oxygens (including phenoxy) is 1. The summed E-state index contributed by atoms with van der Waals surface area (Å²) in [5, 5.41) is 10.8. The van der Waals surface area contributed by atoms with Gasteiger partial charge in [-0.05, 0) is 34.1 Å². The minimum atomic E-state index is -0.549. The van der Waals surface area contributed by atoms with E-state index in [1.165, 1.54) is 30.3 Å². The minimum absolute atomic E-state index is 0.0533. The van der Waals surface area contributed by atoms with Gasteiger partial charge in [-0.15, -0.1) is 0 Å². The molecule has 0 fully saturated rings. The Kier molecular flexibility index (Phi) is 4.19. The SMILES string of the molecule is Nc1c(COc2ccc(F)cc2Br)cccc1[N+](=O)[O-]. The second kappa shape index (κ2) is 5.87. The van der Waals surface area contributed by atoms with Gasteiger partial charge < -0.3 is 10.5 Å². The highest BCUT2D eigenvalue weighted by molar-refractivity contribution is 9.10. The van der Waals surface area contributed by atoms with Crippen molar-refractivity contribution in [3.63, 3.8) is 0 Å². The molecule has 2 N–H and O–H groups in total. The lowest BCUT2D eigenvalue weighted by Crippen LogP contribution is -2.03. The molecule has 20 heavy (non-hydrogen) atoms. The number of nitrogens with zero attached hydrogens (tertiary/aromatic N) is 1. The Morgan fingerprint density at radius 1 is 1.35 bits per heavy atom. The lowest BCUT2D eigenvalue weighted by Gasteiger charge is -2.10. The molecule has 0 amide bonds. The van der Waals surface area contributed by atoms with Crippen molar-refractivity contribution in [2.24, 2.45) is 0 Å². The second-order valence-electron chi connectivity index (χ2n) is 3.97. The summed E-state index contributed by atoms with van der Waals surface area (Å²) in [5.74, 6) is 0.0383. The molecule has 0 unspecified atom stereocenters. The van der Waals surface area contributed by atoms with Gasteiger partial charge in [-0.2, -0.15) is 0 Å². The number of benzene rings is 2. The largest absolute Gasteiger partial charge is 0.488 e. The van der Waals surface area contributed by atoms with Gasteiger partial charge in [0.2, 0.25) is 0 Å². The van der Waals surface area contributed by atoms with Crippen LogP contribution in [0, 0.1) is 15.9 Å². The lowest BCUT2D eigenvalue weighted by molar-refractivity contribution is -0.384. The summed E-state index contributed by atoms with van der Waals surface area (Å²) >= 11 is 3.17. The van der Waals surface area contributed by atoms with Crippen LogP contribution in [-0.2, 0) is 6.61 Å². The van der Waals surface area contributed by atoms with E-state index in [1.54, 1.807) is 6.07 Å². The summed E-state index contributed by atoms with van der Waals surface area (Å²) in [7, 11) is 0. The quantitative estimate of drug-likeness (QED) is 0.523. The molecular formula is C13H10BrFN2O3. The van der Waals surface area contributed by atoms with Crippen molar-refractivity contribution in [2.45, 2.75) is 6.61 Å². The van der Waals surface area contributed by atoms with Crippen molar-refractivity contribution in [3.05, 3.63) is 62.4 Å². The van der Waals surface area contributed by atoms with Crippen molar-refractivity contribution >= 4 is 27.3 Å². The van der Waals surface area contributed by atoms with Crippen LogP contribution in [0.5, 0.6) is 5.75 Å². The third kappa shape index (κ3) is 3.05. The van der Waals surface area contributed by atoms with Crippen LogP contribution in [-0.4, -0.2) is 4.92 Å². The van der Waals surface area contributed by atoms with Crippen LogP contribution < -0.4 is 10.5 Å². The summed E-state index contributed by atoms with van der Waals surface area (Å²) in [6.45, 7) is 0.0533. The Hall–Kier alpha value is -2.15. The van der Waals surface area contributed by atoms with Gasteiger partial charge in [-0.3, -0.25) is 10.1 Å². The number of anilines is 1. The molecule has 0 aliphatic carbocycles. The van der Waals surface area contributed by atoms with Crippen LogP contribution in [0.2, 0.25) is 0 Å². The molecule has 0 aliphatic rings. The van der Waals surface area contributed by atoms with Gasteiger partial charge in [0.05, 0.1) is 9.40 Å². The van der Waals surface area contributed by atoms with Crippen LogP contribution in [0.3, 0.4) is 0 Å². The third-order valence-corrected chi connectivity index (χ3v) is 3.27. The van der Waals surface area contributed by atoms with E-state index in [4.69, 9.17) is 10.5 Å². The molecule has 0 radical (unpaired) electrons. The summed E-state index contributed by atoms with van der Waals surface area (Å²) in [6, 6.07) is 8.50. The number of rotatable bonds is 4. The van der Waals surface area contributed by atoms with Crippen molar-refractivity contribution < 1.29 is 14.1 Å². The zero-order valence-corrected chi connectivity index (χ0v) is 11.8. The number of hydrogen-bond acceptors (Lipinski definition) is 4. The number of hydrogen-bond donors (Lipinski definition) is 1. The van der Waals surface area contributed by atoms with Crippen molar-refractivity contribution in [1.82, 2.24) is 0 Å². The zero-order chi connectivity index (χ0) is 14.7. The Balaban J connectivity index is 2.19. The average molecular weight is 341 g/mol. The van der Waals surface area contributed by atoms with Gasteiger partial charge >= 0.3 is 0 Å². The van der Waals surface area contributed by atoms with E-state index >= 15 is 0 Å². The number of nitrogen functional groups attached to an aromatic ring is 1. The Labute approximate surface area is 122 Å². The third-order valence-electron chi connectivity index (χ3n) is 2.65. The van der Waals surface area contributed by atoms with Gasteiger partial charge in [-0.25, -0.2) is 4.39 Å². The van der Waals surface area contributed by atoms with E-state index in [9.17, 15) is 14.5 Å². The van der Waals surface area contributed by atoms with Gasteiger partial charge in [0.15, 0.2) is 0 Å². The Bertz CT molecular complexity index is 664. The van der Waals surface area contributed by atoms with Crippen molar-refractivity contribution in [1.29, 1.82) is 0 Å². The molecular weight excluding hydrogens is 331 g/mol. The summed E-state index contributed by atoms with van der Waals surface area (Å²) in [5.41, 5.74) is 6.12. The van der Waals surface area contributed by atoms with E-state index in [1.807, 2.05) is 0 Å². The van der Waals surface area contributed by atoms with Crippen molar-refractivity contribution in [2.75, 3.05) is 5.73 Å². The summed E-state index contributed by atoms with van der Waals surface area (Å²) < 4.78 is 18.9. The molecule has 0 atom stereocenters. The zero-order valence-electron chi connectivity index (χ0n) is 10.2. The standard InChI is InChI=1S/C13H10BrFN2O3/c14-10-6-9(15)4-5-12(10)20-7-8-2-1-3-11(13(8)16)17(18)19/h1-6H,7,16H2. The average Bonchev–Trinajstić information content (AvgIpc) is 2.39. The molecule has 7 heteroatoms. The monoisotopic (exact) mass is 340 g/mol. The van der Waals surface area contributed by atoms with Gasteiger partial charge in [0, 0.05) is 11.6 Å². The maximum atomic E-state index is 12.9. The first kappa shape index (κ1) is 14.3. The number of nitrogens with two attached hydrogens (primary N) is 1. The summed E-state index contributed by atoms with van der Waals surface area (Å²) in [4.78, 5) is 10.2. The maximum Gasteiger partial charge on any atom is 0.292 e. The number of halogens is 2. The lowest BCUT2D eigenvalue weighted by atomic mass is 10.1. The van der Waals surface area contributed by atoms with Crippen LogP contribution in [0.4, 0.5) is 15.8 Å². The highest BCUT2D eigenvalue weighted by Crippen LogP contribution is 2.29. The van der Waals surface area contributed by atoms with Crippen LogP contribution in [0.15, 0.2) is 40.9 Å². The molecule has 104 valence electrons. The molecule has 0 bridgehead atoms. The first-order chi connectivity index (χ1) is 9.49. The highest BCUT2D eigenvalue weighted by Gasteiger charge is 2.14. The van der Waals surface area contributed by atoms with Gasteiger partial charge in [-0.1, -0.05) is 12.1 Å². The van der Waals surface area contributed by atoms with Crippen LogP contribution >= 0.6 is 15.9 Å². The van der Waals surface area contributed by atoms with E-state index in [0.717, 1.165) is 0 Å². The number of para-hydroxylation sites is 1.